The third-order valence-corrected chi connectivity index (χ3v) is 2.14. The predicted octanol–water partition coefficient (Wildman–Crippen LogP) is 0.866. The van der Waals surface area contributed by atoms with Gasteiger partial charge in [-0.15, -0.1) is 0 Å². The van der Waals surface area contributed by atoms with Crippen LogP contribution < -0.4 is 16.0 Å². The van der Waals surface area contributed by atoms with E-state index in [0.717, 1.165) is 25.3 Å². The van der Waals surface area contributed by atoms with Gasteiger partial charge in [-0.25, -0.2) is 0 Å². The van der Waals surface area contributed by atoms with Crippen LogP contribution in [0.5, 0.6) is 0 Å². The molecule has 0 rings (SSSR count). The van der Waals surface area contributed by atoms with Gasteiger partial charge in [0.2, 0.25) is 5.91 Å². The van der Waals surface area contributed by atoms with Gasteiger partial charge in [0.15, 0.2) is 5.96 Å². The van der Waals surface area contributed by atoms with Crippen LogP contribution in [0.15, 0.2) is 4.99 Å². The van der Waals surface area contributed by atoms with Gasteiger partial charge in [0.25, 0.3) is 0 Å². The number of rotatable bonds is 7. The Hall–Kier alpha value is -1.26. The van der Waals surface area contributed by atoms with E-state index in [-0.39, 0.29) is 11.9 Å². The van der Waals surface area contributed by atoms with Gasteiger partial charge in [0, 0.05) is 32.6 Å². The number of guanidine groups is 1. The Morgan fingerprint density at radius 2 is 1.88 bits per heavy atom. The van der Waals surface area contributed by atoms with Crippen molar-refractivity contribution in [1.82, 2.24) is 16.0 Å². The van der Waals surface area contributed by atoms with Gasteiger partial charge in [0.05, 0.1) is 0 Å². The quantitative estimate of drug-likeness (QED) is 0.352. The highest BCUT2D eigenvalue weighted by Crippen LogP contribution is 1.84. The summed E-state index contributed by atoms with van der Waals surface area (Å²) in [5, 5.41) is 9.15. The predicted molar refractivity (Wildman–Crippen MR) is 72.2 cm³/mol. The first-order valence-corrected chi connectivity index (χ1v) is 6.34. The summed E-state index contributed by atoms with van der Waals surface area (Å²) in [6, 6.07) is 0.199. The van der Waals surface area contributed by atoms with Crippen molar-refractivity contribution in [1.29, 1.82) is 0 Å². The minimum atomic E-state index is 0.0662. The SMILES string of the molecule is CCCCNC(=NC)NCCC(=O)NC(C)C. The van der Waals surface area contributed by atoms with Crippen LogP contribution in [-0.2, 0) is 4.79 Å². The van der Waals surface area contributed by atoms with Crippen LogP contribution >= 0.6 is 0 Å². The van der Waals surface area contributed by atoms with E-state index in [1.54, 1.807) is 7.05 Å². The molecule has 0 heterocycles. The number of unbranched alkanes of at least 4 members (excludes halogenated alkanes) is 1. The molecule has 0 aromatic heterocycles. The van der Waals surface area contributed by atoms with Crippen molar-refractivity contribution in [2.24, 2.45) is 4.99 Å². The minimum absolute atomic E-state index is 0.0662. The van der Waals surface area contributed by atoms with Crippen molar-refractivity contribution in [3.63, 3.8) is 0 Å². The number of hydrogen-bond acceptors (Lipinski definition) is 2. The van der Waals surface area contributed by atoms with E-state index >= 15 is 0 Å². The maximum Gasteiger partial charge on any atom is 0.221 e. The third kappa shape index (κ3) is 9.66. The van der Waals surface area contributed by atoms with Gasteiger partial charge in [0.1, 0.15) is 0 Å². The third-order valence-electron chi connectivity index (χ3n) is 2.14. The van der Waals surface area contributed by atoms with Crippen molar-refractivity contribution >= 4 is 11.9 Å². The summed E-state index contributed by atoms with van der Waals surface area (Å²) < 4.78 is 0. The molecule has 3 N–H and O–H groups in total. The molecule has 0 fully saturated rings. The number of nitrogens with zero attached hydrogens (tertiary/aromatic N) is 1. The van der Waals surface area contributed by atoms with E-state index in [4.69, 9.17) is 0 Å². The Balaban J connectivity index is 3.66. The summed E-state index contributed by atoms with van der Waals surface area (Å²) in [4.78, 5) is 15.5. The van der Waals surface area contributed by atoms with E-state index in [9.17, 15) is 4.79 Å². The Morgan fingerprint density at radius 1 is 1.24 bits per heavy atom. The normalized spacial score (nSPS) is 11.5. The smallest absolute Gasteiger partial charge is 0.221 e. The molecule has 0 aliphatic rings. The van der Waals surface area contributed by atoms with Crippen molar-refractivity contribution < 1.29 is 4.79 Å². The second kappa shape index (κ2) is 9.93. The molecule has 0 aliphatic carbocycles. The monoisotopic (exact) mass is 242 g/mol. The van der Waals surface area contributed by atoms with E-state index < -0.39 is 0 Å². The molecule has 0 bridgehead atoms. The van der Waals surface area contributed by atoms with Gasteiger partial charge < -0.3 is 16.0 Å². The van der Waals surface area contributed by atoms with Crippen molar-refractivity contribution in [3.8, 4) is 0 Å². The first-order chi connectivity index (χ1) is 8.10. The topological polar surface area (TPSA) is 65.5 Å². The summed E-state index contributed by atoms with van der Waals surface area (Å²) in [5.41, 5.74) is 0. The summed E-state index contributed by atoms with van der Waals surface area (Å²) in [7, 11) is 1.73. The summed E-state index contributed by atoms with van der Waals surface area (Å²) in [6.45, 7) is 7.57. The lowest BCUT2D eigenvalue weighted by molar-refractivity contribution is -0.121. The molecule has 0 saturated carbocycles. The standard InChI is InChI=1S/C12H26N4O/c1-5-6-8-14-12(13-4)15-9-7-11(17)16-10(2)3/h10H,5-9H2,1-4H3,(H,16,17)(H2,13,14,15). The summed E-state index contributed by atoms with van der Waals surface area (Å²) >= 11 is 0. The lowest BCUT2D eigenvalue weighted by Crippen LogP contribution is -2.40. The Morgan fingerprint density at radius 3 is 2.41 bits per heavy atom. The highest BCUT2D eigenvalue weighted by Gasteiger charge is 2.03. The van der Waals surface area contributed by atoms with Crippen molar-refractivity contribution in [3.05, 3.63) is 0 Å². The maximum absolute atomic E-state index is 11.4. The molecule has 0 aromatic carbocycles. The Kier molecular flexibility index (Phi) is 9.19. The van der Waals surface area contributed by atoms with Crippen LogP contribution in [-0.4, -0.2) is 38.0 Å². The van der Waals surface area contributed by atoms with Gasteiger partial charge in [-0.2, -0.15) is 0 Å². The van der Waals surface area contributed by atoms with Gasteiger partial charge >= 0.3 is 0 Å². The molecule has 0 atom stereocenters. The molecule has 5 heteroatoms. The highest BCUT2D eigenvalue weighted by atomic mass is 16.1. The second-order valence-corrected chi connectivity index (χ2v) is 4.25. The fourth-order valence-electron chi connectivity index (χ4n) is 1.29. The maximum atomic E-state index is 11.4. The molecule has 0 aliphatic heterocycles. The van der Waals surface area contributed by atoms with E-state index in [2.05, 4.69) is 27.9 Å². The number of carbonyl (C=O) groups is 1. The molecule has 5 nitrogen and oxygen atoms in total. The minimum Gasteiger partial charge on any atom is -0.356 e. The lowest BCUT2D eigenvalue weighted by atomic mass is 10.3. The van der Waals surface area contributed by atoms with Gasteiger partial charge in [-0.05, 0) is 20.3 Å². The average molecular weight is 242 g/mol. The molecule has 0 unspecified atom stereocenters. The van der Waals surface area contributed by atoms with Crippen LogP contribution in [0.2, 0.25) is 0 Å². The van der Waals surface area contributed by atoms with Crippen LogP contribution in [0.25, 0.3) is 0 Å². The molecule has 17 heavy (non-hydrogen) atoms. The lowest BCUT2D eigenvalue weighted by Gasteiger charge is -2.12. The zero-order chi connectivity index (χ0) is 13.1. The van der Waals surface area contributed by atoms with Gasteiger partial charge in [-0.1, -0.05) is 13.3 Å². The number of aliphatic imine (C=N–C) groups is 1. The van der Waals surface area contributed by atoms with Crippen LogP contribution in [0, 0.1) is 0 Å². The highest BCUT2D eigenvalue weighted by molar-refractivity contribution is 5.81. The fraction of sp³-hybridized carbons (Fsp3) is 0.833. The largest absolute Gasteiger partial charge is 0.356 e. The number of carbonyl (C=O) groups excluding carboxylic acids is 1. The van der Waals surface area contributed by atoms with Crippen LogP contribution in [0.1, 0.15) is 40.0 Å². The number of hydrogen-bond donors (Lipinski definition) is 3. The molecular weight excluding hydrogens is 216 g/mol. The summed E-state index contributed by atoms with van der Waals surface area (Å²) in [6.07, 6.45) is 2.74. The molecule has 100 valence electrons. The fourth-order valence-corrected chi connectivity index (χ4v) is 1.29. The zero-order valence-electron chi connectivity index (χ0n) is 11.5. The second-order valence-electron chi connectivity index (χ2n) is 4.25. The van der Waals surface area contributed by atoms with Gasteiger partial charge in [-0.3, -0.25) is 9.79 Å². The van der Waals surface area contributed by atoms with Crippen LogP contribution in [0.3, 0.4) is 0 Å². The van der Waals surface area contributed by atoms with E-state index in [0.29, 0.717) is 13.0 Å². The van der Waals surface area contributed by atoms with Crippen molar-refractivity contribution in [2.45, 2.75) is 46.1 Å². The first-order valence-electron chi connectivity index (χ1n) is 6.34. The van der Waals surface area contributed by atoms with Crippen molar-refractivity contribution in [2.75, 3.05) is 20.1 Å². The zero-order valence-corrected chi connectivity index (χ0v) is 11.5. The first kappa shape index (κ1) is 15.7. The Bertz CT molecular complexity index is 239. The van der Waals surface area contributed by atoms with E-state index in [1.807, 2.05) is 13.8 Å². The summed E-state index contributed by atoms with van der Waals surface area (Å²) in [5.74, 6) is 0.826. The molecule has 0 spiro atoms. The molecular formula is C12H26N4O. The Labute approximate surface area is 104 Å². The van der Waals surface area contributed by atoms with Crippen LogP contribution in [0.4, 0.5) is 0 Å². The molecule has 0 radical (unpaired) electrons. The molecule has 0 saturated heterocycles. The number of amides is 1. The molecule has 0 aromatic rings. The number of nitrogens with one attached hydrogen (secondary N) is 3. The molecule has 1 amide bonds. The average Bonchev–Trinajstić information content (AvgIpc) is 2.26. The van der Waals surface area contributed by atoms with E-state index in [1.165, 1.54) is 0 Å².